The van der Waals surface area contributed by atoms with E-state index in [-0.39, 0.29) is 51.3 Å². The van der Waals surface area contributed by atoms with E-state index in [9.17, 15) is 0 Å². The molecule has 17 valence electrons. The van der Waals surface area contributed by atoms with Gasteiger partial charge in [-0.15, -0.1) is 0 Å². The second-order valence-electron chi connectivity index (χ2n) is 0. The van der Waals surface area contributed by atoms with Gasteiger partial charge in [-0.05, 0) is 0 Å². The smallest absolute Gasteiger partial charge is 0 e. The zero-order chi connectivity index (χ0) is 2.00. The molecule has 4 heavy (non-hydrogen) atoms. The second kappa shape index (κ2) is 18.9. The van der Waals surface area contributed by atoms with Crippen LogP contribution in [0.1, 0.15) is 0 Å². The molecule has 1 nitrogen and oxygen atoms in total. The summed E-state index contributed by atoms with van der Waals surface area (Å²) in [6.45, 7) is 0. The van der Waals surface area contributed by atoms with Crippen molar-refractivity contribution in [1.82, 2.24) is 0 Å². The first-order chi connectivity index (χ1) is 1.00. The summed E-state index contributed by atoms with van der Waals surface area (Å²) >= 11 is 0.333. The maximum absolute atomic E-state index is 8.33. The molecule has 0 atom stereocenters. The molecule has 0 heterocycles. The van der Waals surface area contributed by atoms with Gasteiger partial charge in [-0.1, -0.05) is 0 Å². The van der Waals surface area contributed by atoms with Crippen LogP contribution in [0.15, 0.2) is 0 Å². The predicted molar refractivity (Wildman–Crippen MR) is 6.44 cm³/mol. The Morgan fingerprint density at radius 1 is 1.25 bits per heavy atom. The Bertz CT molecular complexity index is 8.00. The van der Waals surface area contributed by atoms with Gasteiger partial charge in [0.1, 0.15) is 0 Å². The summed E-state index contributed by atoms with van der Waals surface area (Å²) in [5, 5.41) is 0. The summed E-state index contributed by atoms with van der Waals surface area (Å²) in [7, 11) is 0. The van der Waals surface area contributed by atoms with Gasteiger partial charge in [0.15, 0.2) is 0 Å². The Morgan fingerprint density at radius 2 is 1.25 bits per heavy atom. The summed E-state index contributed by atoms with van der Waals surface area (Å²) in [6, 6.07) is 0. The minimum absolute atomic E-state index is 0. The van der Waals surface area contributed by atoms with Crippen molar-refractivity contribution in [2.45, 2.75) is 0 Å². The molecule has 0 bridgehead atoms. The quantitative estimate of drug-likeness (QED) is 0.542. The maximum atomic E-state index is 8.33. The molecule has 0 unspecified atom stereocenters. The molecule has 0 aliphatic heterocycles. The molecule has 0 fully saturated rings. The van der Waals surface area contributed by atoms with Crippen LogP contribution in [0.4, 0.5) is 0 Å². The molecule has 0 rings (SSSR count). The van der Waals surface area contributed by atoms with E-state index in [0.29, 0.717) is 19.8 Å². The van der Waals surface area contributed by atoms with E-state index in [1.165, 1.54) is 0 Å². The van der Waals surface area contributed by atoms with Crippen LogP contribution in [-0.2, 0) is 44.9 Å². The van der Waals surface area contributed by atoms with Crippen LogP contribution in [0.2, 0.25) is 0 Å². The summed E-state index contributed by atoms with van der Waals surface area (Å²) < 4.78 is 8.33. The Labute approximate surface area is 73.3 Å². The van der Waals surface area contributed by atoms with E-state index in [2.05, 4.69) is 0 Å². The molecule has 0 saturated carbocycles. The fraction of sp³-hybridized carbons (Fsp3) is 0. The van der Waals surface area contributed by atoms with Crippen LogP contribution in [0.3, 0.4) is 0 Å². The van der Waals surface area contributed by atoms with Crippen LogP contribution in [-0.4, -0.2) is 29.6 Å². The molecule has 0 amide bonds. The third-order valence-corrected chi connectivity index (χ3v) is 0. The average Bonchev–Trinajstić information content (AvgIpc) is 1.00. The van der Waals surface area contributed by atoms with E-state index in [0.717, 1.165) is 0 Å². The standard InChI is InChI=1S/Na.O.Ti.W. The van der Waals surface area contributed by atoms with Crippen molar-refractivity contribution in [3.05, 3.63) is 0 Å². The van der Waals surface area contributed by atoms with Gasteiger partial charge in [-0.3, -0.25) is 0 Å². The first kappa shape index (κ1) is 16.4. The summed E-state index contributed by atoms with van der Waals surface area (Å²) in [4.78, 5) is 0. The Balaban J connectivity index is -0.00000000500. The van der Waals surface area contributed by atoms with E-state index in [1.54, 1.807) is 0 Å². The molecule has 1 radical (unpaired) electrons. The zero-order valence-electron chi connectivity index (χ0n) is 2.32. The normalized spacial score (nSPS) is 1.00. The van der Waals surface area contributed by atoms with Crippen LogP contribution in [0.25, 0.3) is 0 Å². The van der Waals surface area contributed by atoms with Crippen molar-refractivity contribution in [2.75, 3.05) is 0 Å². The van der Waals surface area contributed by atoms with Crippen molar-refractivity contribution in [3.8, 4) is 0 Å². The van der Waals surface area contributed by atoms with Gasteiger partial charge in [-0.2, -0.15) is 0 Å². The van der Waals surface area contributed by atoms with Crippen LogP contribution < -0.4 is 0 Å². The van der Waals surface area contributed by atoms with Crippen LogP contribution in [0.5, 0.6) is 0 Å². The van der Waals surface area contributed by atoms with Gasteiger partial charge in [0.05, 0.1) is 0 Å². The van der Waals surface area contributed by atoms with Crippen molar-refractivity contribution in [1.29, 1.82) is 0 Å². The molecular weight excluding hydrogens is 271 g/mol. The molecule has 0 spiro atoms. The minimum atomic E-state index is 0. The second-order valence-corrected chi connectivity index (χ2v) is 0. The first-order valence-electron chi connectivity index (χ1n) is 0.167. The Hall–Kier alpha value is 2.20. The topological polar surface area (TPSA) is 17.1 Å². The average molecular weight is 271 g/mol. The van der Waals surface area contributed by atoms with Gasteiger partial charge < -0.3 is 0 Å². The summed E-state index contributed by atoms with van der Waals surface area (Å²) in [5.41, 5.74) is 0. The molecule has 0 aliphatic rings. The zero-order valence-corrected chi connectivity index (χ0v) is 8.81. The van der Waals surface area contributed by atoms with Gasteiger partial charge in [0, 0.05) is 51.3 Å². The molecule has 4 heteroatoms. The van der Waals surface area contributed by atoms with Gasteiger partial charge in [0.25, 0.3) is 0 Å². The van der Waals surface area contributed by atoms with E-state index < -0.39 is 0 Å². The Morgan fingerprint density at radius 3 is 1.25 bits per heavy atom. The summed E-state index contributed by atoms with van der Waals surface area (Å²) in [6.07, 6.45) is 0. The third kappa shape index (κ3) is 8.88. The number of rotatable bonds is 0. The number of hydrogen-bond donors (Lipinski definition) is 0. The fourth-order valence-corrected chi connectivity index (χ4v) is 0. The van der Waals surface area contributed by atoms with Crippen LogP contribution >= 0.6 is 0 Å². The molecule has 0 aromatic heterocycles. The minimum Gasteiger partial charge on any atom is 0 e. The third-order valence-electron chi connectivity index (χ3n) is 0. The largest absolute Gasteiger partial charge is 0 e. The molecule has 0 aromatic carbocycles. The molecular formula is NaOTiW. The van der Waals surface area contributed by atoms with Crippen molar-refractivity contribution in [2.24, 2.45) is 0 Å². The Kier molecular flexibility index (Phi) is 77.5. The SMILES string of the molecule is [Na].[O]=[W].[Ti]. The van der Waals surface area contributed by atoms with E-state index >= 15 is 0 Å². The fourth-order valence-electron chi connectivity index (χ4n) is 0. The van der Waals surface area contributed by atoms with Crippen molar-refractivity contribution in [3.63, 3.8) is 0 Å². The van der Waals surface area contributed by atoms with E-state index in [4.69, 9.17) is 3.40 Å². The summed E-state index contributed by atoms with van der Waals surface area (Å²) in [5.74, 6) is 0. The van der Waals surface area contributed by atoms with E-state index in [1.807, 2.05) is 0 Å². The molecule has 0 N–H and O–H groups in total. The molecule has 0 saturated heterocycles. The van der Waals surface area contributed by atoms with Crippen molar-refractivity contribution >= 4 is 29.6 Å². The monoisotopic (exact) mass is 271 g/mol. The first-order valence-corrected chi connectivity index (χ1v) is 1.36. The molecule has 0 aromatic rings. The van der Waals surface area contributed by atoms with Crippen LogP contribution in [0, 0.1) is 0 Å². The number of hydrogen-bond acceptors (Lipinski definition) is 1. The van der Waals surface area contributed by atoms with Gasteiger partial charge in [-0.25, -0.2) is 0 Å². The molecule has 0 aliphatic carbocycles. The maximum Gasteiger partial charge on any atom is 0 e. The van der Waals surface area contributed by atoms with Crippen molar-refractivity contribution < 1.29 is 44.9 Å². The van der Waals surface area contributed by atoms with Gasteiger partial charge in [0.2, 0.25) is 0 Å². The predicted octanol–water partition coefficient (Wildman–Crippen LogP) is -0.505. The van der Waals surface area contributed by atoms with Gasteiger partial charge >= 0.3 is 23.2 Å².